The molecule has 1 heterocycles. The molecular formula is C23H30N2O4S. The van der Waals surface area contributed by atoms with Crippen LogP contribution in [0.25, 0.3) is 0 Å². The van der Waals surface area contributed by atoms with Gasteiger partial charge in [-0.05, 0) is 34.2 Å². The van der Waals surface area contributed by atoms with Gasteiger partial charge in [-0.3, -0.25) is 4.79 Å². The molecule has 1 saturated heterocycles. The molecule has 162 valence electrons. The summed E-state index contributed by atoms with van der Waals surface area (Å²) in [6.07, 6.45) is 0. The Morgan fingerprint density at radius 1 is 1.00 bits per heavy atom. The highest BCUT2D eigenvalue weighted by atomic mass is 32.2. The van der Waals surface area contributed by atoms with Crippen molar-refractivity contribution >= 4 is 15.9 Å². The maximum atomic E-state index is 12.8. The molecule has 1 N–H and O–H groups in total. The first-order valence-corrected chi connectivity index (χ1v) is 11.8. The van der Waals surface area contributed by atoms with Gasteiger partial charge in [0.25, 0.3) is 5.91 Å². The molecule has 2 aromatic carbocycles. The van der Waals surface area contributed by atoms with E-state index in [4.69, 9.17) is 4.74 Å². The highest BCUT2D eigenvalue weighted by Gasteiger charge is 2.25. The predicted octanol–water partition coefficient (Wildman–Crippen LogP) is 3.08. The van der Waals surface area contributed by atoms with Gasteiger partial charge in [-0.1, -0.05) is 57.2 Å². The summed E-state index contributed by atoms with van der Waals surface area (Å²) in [5.74, 6) is -0.263. The van der Waals surface area contributed by atoms with Gasteiger partial charge in [0.2, 0.25) is 10.0 Å². The molecule has 1 amide bonds. The van der Waals surface area contributed by atoms with Crippen LogP contribution >= 0.6 is 0 Å². The third-order valence-corrected chi connectivity index (χ3v) is 7.10. The quantitative estimate of drug-likeness (QED) is 0.764. The van der Waals surface area contributed by atoms with Crippen molar-refractivity contribution in [3.8, 4) is 0 Å². The van der Waals surface area contributed by atoms with Gasteiger partial charge in [-0.2, -0.15) is 4.31 Å². The van der Waals surface area contributed by atoms with Gasteiger partial charge in [-0.25, -0.2) is 8.42 Å². The number of hydrogen-bond donors (Lipinski definition) is 1. The fraction of sp³-hybridized carbons (Fsp3) is 0.435. The zero-order valence-corrected chi connectivity index (χ0v) is 18.7. The first-order chi connectivity index (χ1) is 14.2. The number of hydrogen-bond acceptors (Lipinski definition) is 4. The minimum absolute atomic E-state index is 0.0277. The second-order valence-corrected chi connectivity index (χ2v) is 10.5. The van der Waals surface area contributed by atoms with Gasteiger partial charge in [0.1, 0.15) is 0 Å². The minimum Gasteiger partial charge on any atom is -0.379 e. The van der Waals surface area contributed by atoms with Crippen molar-refractivity contribution in [1.82, 2.24) is 9.62 Å². The lowest BCUT2D eigenvalue weighted by molar-refractivity contribution is 0.0729. The number of amides is 1. The lowest BCUT2D eigenvalue weighted by Crippen LogP contribution is -2.41. The van der Waals surface area contributed by atoms with Crippen molar-refractivity contribution < 1.29 is 17.9 Å². The number of rotatable bonds is 6. The van der Waals surface area contributed by atoms with Crippen LogP contribution in [-0.4, -0.2) is 44.9 Å². The lowest BCUT2D eigenvalue weighted by Gasteiger charge is -2.26. The lowest BCUT2D eigenvalue weighted by atomic mass is 9.87. The molecule has 7 heteroatoms. The average molecular weight is 431 g/mol. The highest BCUT2D eigenvalue weighted by Crippen LogP contribution is 2.22. The zero-order valence-electron chi connectivity index (χ0n) is 17.8. The summed E-state index contributed by atoms with van der Waals surface area (Å²) >= 11 is 0. The Morgan fingerprint density at radius 3 is 2.20 bits per heavy atom. The van der Waals surface area contributed by atoms with Crippen LogP contribution in [0.3, 0.4) is 0 Å². The molecule has 1 aliphatic rings. The maximum absolute atomic E-state index is 12.8. The number of nitrogens with one attached hydrogen (secondary N) is 1. The first-order valence-electron chi connectivity index (χ1n) is 10.2. The van der Waals surface area contributed by atoms with Crippen molar-refractivity contribution in [1.29, 1.82) is 0 Å². The molecule has 0 bridgehead atoms. The number of sulfonamides is 1. The SMILES string of the molecule is CC(C)(C)c1ccc(C(=O)NCc2ccccc2CS(=O)(=O)N2CCOCC2)cc1. The Labute approximate surface area is 179 Å². The summed E-state index contributed by atoms with van der Waals surface area (Å²) in [5, 5.41) is 2.91. The largest absolute Gasteiger partial charge is 0.379 e. The smallest absolute Gasteiger partial charge is 0.251 e. The van der Waals surface area contributed by atoms with Gasteiger partial charge < -0.3 is 10.1 Å². The molecule has 1 fully saturated rings. The van der Waals surface area contributed by atoms with Crippen molar-refractivity contribution in [2.24, 2.45) is 0 Å². The standard InChI is InChI=1S/C23H30N2O4S/c1-23(2,3)21-10-8-18(9-11-21)22(26)24-16-19-6-4-5-7-20(19)17-30(27,28)25-12-14-29-15-13-25/h4-11H,12-17H2,1-3H3,(H,24,26). The number of ether oxygens (including phenoxy) is 1. The van der Waals surface area contributed by atoms with E-state index in [-0.39, 0.29) is 23.6 Å². The predicted molar refractivity (Wildman–Crippen MR) is 118 cm³/mol. The van der Waals surface area contributed by atoms with Gasteiger partial charge in [0.15, 0.2) is 0 Å². The van der Waals surface area contributed by atoms with E-state index in [1.165, 1.54) is 4.31 Å². The second kappa shape index (κ2) is 9.29. The van der Waals surface area contributed by atoms with Gasteiger partial charge in [0.05, 0.1) is 19.0 Å². The van der Waals surface area contributed by atoms with E-state index in [9.17, 15) is 13.2 Å². The number of morpholine rings is 1. The molecule has 2 aromatic rings. The summed E-state index contributed by atoms with van der Waals surface area (Å²) in [6.45, 7) is 8.26. The third kappa shape index (κ3) is 5.68. The third-order valence-electron chi connectivity index (χ3n) is 5.27. The van der Waals surface area contributed by atoms with E-state index in [1.54, 1.807) is 6.07 Å². The van der Waals surface area contributed by atoms with Crippen LogP contribution in [0, 0.1) is 0 Å². The minimum atomic E-state index is -3.43. The Kier molecular flexibility index (Phi) is 6.95. The van der Waals surface area contributed by atoms with Crippen LogP contribution in [0.5, 0.6) is 0 Å². The number of benzene rings is 2. The molecule has 30 heavy (non-hydrogen) atoms. The van der Waals surface area contributed by atoms with E-state index in [1.807, 2.05) is 42.5 Å². The molecule has 0 spiro atoms. The van der Waals surface area contributed by atoms with Crippen LogP contribution in [0.4, 0.5) is 0 Å². The number of carbonyl (C=O) groups excluding carboxylic acids is 1. The van der Waals surface area contributed by atoms with Crippen LogP contribution in [-0.2, 0) is 32.5 Å². The molecule has 3 rings (SSSR count). The molecular weight excluding hydrogens is 400 g/mol. The monoisotopic (exact) mass is 430 g/mol. The van der Waals surface area contributed by atoms with Crippen molar-refractivity contribution in [3.63, 3.8) is 0 Å². The molecule has 1 aliphatic heterocycles. The molecule has 0 radical (unpaired) electrons. The Balaban J connectivity index is 1.67. The normalized spacial score (nSPS) is 15.7. The van der Waals surface area contributed by atoms with Crippen LogP contribution in [0.2, 0.25) is 0 Å². The Morgan fingerprint density at radius 2 is 1.60 bits per heavy atom. The van der Waals surface area contributed by atoms with E-state index < -0.39 is 10.0 Å². The molecule has 0 aliphatic carbocycles. The van der Waals surface area contributed by atoms with Crippen molar-refractivity contribution in [2.45, 2.75) is 38.5 Å². The fourth-order valence-electron chi connectivity index (χ4n) is 3.38. The summed E-state index contributed by atoms with van der Waals surface area (Å²) < 4.78 is 32.2. The number of nitrogens with zero attached hydrogens (tertiary/aromatic N) is 1. The van der Waals surface area contributed by atoms with Crippen molar-refractivity contribution in [2.75, 3.05) is 26.3 Å². The first kappa shape index (κ1) is 22.5. The van der Waals surface area contributed by atoms with Gasteiger partial charge in [0, 0.05) is 25.2 Å². The molecule has 0 atom stereocenters. The second-order valence-electron chi connectivity index (χ2n) is 8.55. The maximum Gasteiger partial charge on any atom is 0.251 e. The van der Waals surface area contributed by atoms with Gasteiger partial charge >= 0.3 is 0 Å². The van der Waals surface area contributed by atoms with Crippen LogP contribution < -0.4 is 5.32 Å². The van der Waals surface area contributed by atoms with E-state index >= 15 is 0 Å². The van der Waals surface area contributed by atoms with Crippen molar-refractivity contribution in [3.05, 3.63) is 70.8 Å². The average Bonchev–Trinajstić information content (AvgIpc) is 2.73. The fourth-order valence-corrected chi connectivity index (χ4v) is 4.95. The van der Waals surface area contributed by atoms with Gasteiger partial charge in [-0.15, -0.1) is 0 Å². The molecule has 0 unspecified atom stereocenters. The van der Waals surface area contributed by atoms with E-state index in [0.717, 1.165) is 11.1 Å². The molecule has 0 saturated carbocycles. The van der Waals surface area contributed by atoms with Crippen LogP contribution in [0.1, 0.15) is 47.8 Å². The summed E-state index contributed by atoms with van der Waals surface area (Å²) in [5.41, 5.74) is 3.28. The van der Waals surface area contributed by atoms with Crippen LogP contribution in [0.15, 0.2) is 48.5 Å². The van der Waals surface area contributed by atoms with E-state index in [0.29, 0.717) is 37.4 Å². The molecule has 0 aromatic heterocycles. The number of carbonyl (C=O) groups is 1. The zero-order chi connectivity index (χ0) is 21.8. The Bertz CT molecular complexity index is 973. The summed E-state index contributed by atoms with van der Waals surface area (Å²) in [7, 11) is -3.43. The summed E-state index contributed by atoms with van der Waals surface area (Å²) in [4.78, 5) is 12.6. The topological polar surface area (TPSA) is 75.7 Å². The van der Waals surface area contributed by atoms with E-state index in [2.05, 4.69) is 26.1 Å². The highest BCUT2D eigenvalue weighted by molar-refractivity contribution is 7.88. The Hall–Kier alpha value is -2.22. The summed E-state index contributed by atoms with van der Waals surface area (Å²) in [6, 6.07) is 14.9. The molecule has 6 nitrogen and oxygen atoms in total.